The first-order valence-electron chi connectivity index (χ1n) is 10.5. The summed E-state index contributed by atoms with van der Waals surface area (Å²) in [6.45, 7) is 14.6. The van der Waals surface area contributed by atoms with Gasteiger partial charge in [-0.1, -0.05) is 54.4 Å². The van der Waals surface area contributed by atoms with Crippen LogP contribution in [-0.4, -0.2) is 22.3 Å². The Bertz CT molecular complexity index is 843. The van der Waals surface area contributed by atoms with E-state index in [4.69, 9.17) is 9.98 Å². The van der Waals surface area contributed by atoms with E-state index in [1.54, 1.807) is 5.57 Å². The maximum absolute atomic E-state index is 5.08. The average molecular weight is 364 g/mol. The summed E-state index contributed by atoms with van der Waals surface area (Å²) in [5.74, 6) is 1.56. The number of hydrogen-bond acceptors (Lipinski definition) is 3. The van der Waals surface area contributed by atoms with Crippen LogP contribution >= 0.6 is 0 Å². The first-order valence-corrected chi connectivity index (χ1v) is 10.5. The molecule has 0 aromatic carbocycles. The van der Waals surface area contributed by atoms with Gasteiger partial charge in [0.1, 0.15) is 5.84 Å². The Morgan fingerprint density at radius 3 is 2.44 bits per heavy atom. The number of rotatable bonds is 2. The van der Waals surface area contributed by atoms with Crippen LogP contribution in [0.5, 0.6) is 0 Å². The van der Waals surface area contributed by atoms with E-state index in [0.29, 0.717) is 11.3 Å². The number of amidine groups is 1. The van der Waals surface area contributed by atoms with Crippen LogP contribution in [0.15, 0.2) is 34.6 Å². The van der Waals surface area contributed by atoms with E-state index < -0.39 is 0 Å². The molecule has 3 nitrogen and oxygen atoms in total. The summed E-state index contributed by atoms with van der Waals surface area (Å²) in [5, 5.41) is 0. The Morgan fingerprint density at radius 1 is 1.11 bits per heavy atom. The van der Waals surface area contributed by atoms with Crippen LogP contribution in [0.4, 0.5) is 0 Å². The van der Waals surface area contributed by atoms with Crippen LogP contribution in [0.3, 0.4) is 0 Å². The number of fused-ring (bicyclic) bond motifs is 3. The van der Waals surface area contributed by atoms with E-state index >= 15 is 0 Å². The van der Waals surface area contributed by atoms with E-state index in [2.05, 4.69) is 70.9 Å². The molecule has 144 valence electrons. The molecule has 0 spiro atoms. The normalized spacial score (nSPS) is 21.4. The predicted molar refractivity (Wildman–Crippen MR) is 114 cm³/mol. The van der Waals surface area contributed by atoms with Gasteiger partial charge in [0.2, 0.25) is 0 Å². The fourth-order valence-electron chi connectivity index (χ4n) is 4.87. The Hall–Kier alpha value is -1.90. The van der Waals surface area contributed by atoms with E-state index in [1.165, 1.54) is 36.9 Å². The van der Waals surface area contributed by atoms with E-state index in [0.717, 1.165) is 23.8 Å². The van der Waals surface area contributed by atoms with Crippen LogP contribution in [0, 0.1) is 11.3 Å². The molecule has 3 heteroatoms. The molecule has 1 aromatic heterocycles. The minimum atomic E-state index is 0.0572. The first-order chi connectivity index (χ1) is 12.7. The van der Waals surface area contributed by atoms with Gasteiger partial charge in [-0.3, -0.25) is 9.98 Å². The number of aromatic nitrogens is 1. The minimum absolute atomic E-state index is 0.0572. The monoisotopic (exact) mass is 363 g/mol. The van der Waals surface area contributed by atoms with Crippen molar-refractivity contribution in [3.05, 3.63) is 46.6 Å². The zero-order valence-electron chi connectivity index (χ0n) is 17.8. The van der Waals surface area contributed by atoms with Gasteiger partial charge in [0, 0.05) is 28.6 Å². The zero-order chi connectivity index (χ0) is 19.4. The quantitative estimate of drug-likeness (QED) is 0.653. The van der Waals surface area contributed by atoms with Crippen LogP contribution in [-0.2, 0) is 5.41 Å². The van der Waals surface area contributed by atoms with Crippen LogP contribution in [0.2, 0.25) is 0 Å². The number of pyridine rings is 1. The van der Waals surface area contributed by atoms with Crippen molar-refractivity contribution >= 4 is 11.9 Å². The van der Waals surface area contributed by atoms with Gasteiger partial charge in [0.15, 0.2) is 0 Å². The Balaban J connectivity index is 1.78. The molecule has 0 unspecified atom stereocenters. The van der Waals surface area contributed by atoms with Gasteiger partial charge in [0.05, 0.1) is 12.2 Å². The fourth-order valence-corrected chi connectivity index (χ4v) is 4.87. The molecule has 0 N–H and O–H groups in total. The summed E-state index contributed by atoms with van der Waals surface area (Å²) >= 11 is 0. The first kappa shape index (κ1) is 18.5. The molecule has 1 aromatic rings. The van der Waals surface area contributed by atoms with Crippen molar-refractivity contribution in [2.24, 2.45) is 16.3 Å². The second kappa shape index (κ2) is 6.32. The molecule has 1 fully saturated rings. The topological polar surface area (TPSA) is 28.5 Å². The summed E-state index contributed by atoms with van der Waals surface area (Å²) in [4.78, 5) is 12.4. The van der Waals surface area contributed by atoms with Gasteiger partial charge in [-0.15, -0.1) is 0 Å². The zero-order valence-corrected chi connectivity index (χ0v) is 17.8. The van der Waals surface area contributed by atoms with Gasteiger partial charge in [0.25, 0.3) is 0 Å². The summed E-state index contributed by atoms with van der Waals surface area (Å²) in [6, 6.07) is 4.39. The Morgan fingerprint density at radius 2 is 1.81 bits per heavy atom. The number of hydrogen-bond donors (Lipinski definition) is 0. The van der Waals surface area contributed by atoms with Gasteiger partial charge >= 0.3 is 0 Å². The van der Waals surface area contributed by atoms with Crippen molar-refractivity contribution in [3.63, 3.8) is 0 Å². The molecule has 0 bridgehead atoms. The van der Waals surface area contributed by atoms with Crippen LogP contribution < -0.4 is 0 Å². The maximum atomic E-state index is 5.08. The van der Waals surface area contributed by atoms with E-state index in [9.17, 15) is 0 Å². The molecular formula is C24H33N3. The van der Waals surface area contributed by atoms with Crippen LogP contribution in [0.1, 0.15) is 84.2 Å². The molecule has 0 saturated heterocycles. The summed E-state index contributed by atoms with van der Waals surface area (Å²) in [6.07, 6.45) is 9.67. The molecular weight excluding hydrogens is 330 g/mol. The predicted octanol–water partition coefficient (Wildman–Crippen LogP) is 5.92. The third-order valence-corrected chi connectivity index (χ3v) is 6.48. The van der Waals surface area contributed by atoms with Gasteiger partial charge in [-0.2, -0.15) is 0 Å². The number of nitrogens with zero attached hydrogens (tertiary/aromatic N) is 3. The molecule has 1 aliphatic carbocycles. The minimum Gasteiger partial charge on any atom is -0.305 e. The van der Waals surface area contributed by atoms with E-state index in [1.807, 2.05) is 0 Å². The lowest BCUT2D eigenvalue weighted by Crippen LogP contribution is -2.38. The SMILES string of the molecule is CC(C)C1=C(C2(C)CCCC2)CN=C2c3ccc(C(C)(C)C)nc3C=CN21. The van der Waals surface area contributed by atoms with Gasteiger partial charge in [-0.05, 0) is 48.0 Å². The Labute approximate surface area is 164 Å². The highest BCUT2D eigenvalue weighted by molar-refractivity contribution is 6.05. The Kier molecular flexibility index (Phi) is 4.32. The van der Waals surface area contributed by atoms with Crippen molar-refractivity contribution in [1.29, 1.82) is 0 Å². The van der Waals surface area contributed by atoms with Gasteiger partial charge < -0.3 is 4.90 Å². The van der Waals surface area contributed by atoms with Gasteiger partial charge in [-0.25, -0.2) is 0 Å². The molecule has 3 aliphatic rings. The maximum Gasteiger partial charge on any atom is 0.141 e. The third kappa shape index (κ3) is 3.05. The van der Waals surface area contributed by atoms with Crippen molar-refractivity contribution < 1.29 is 0 Å². The standard InChI is InChI=1S/C24H33N3/c1-16(2)21-18(24(6)12-7-8-13-24)15-25-22-17-9-10-20(23(3,4)5)26-19(17)11-14-27(21)22/h9-11,14,16H,7-8,12-13,15H2,1-6H3. The lowest BCUT2D eigenvalue weighted by molar-refractivity contribution is 0.376. The highest BCUT2D eigenvalue weighted by atomic mass is 15.2. The molecule has 0 radical (unpaired) electrons. The van der Waals surface area contributed by atoms with Crippen molar-refractivity contribution in [2.45, 2.75) is 72.6 Å². The summed E-state index contributed by atoms with van der Waals surface area (Å²) in [5.41, 5.74) is 6.75. The lowest BCUT2D eigenvalue weighted by atomic mass is 9.76. The largest absolute Gasteiger partial charge is 0.305 e. The lowest BCUT2D eigenvalue weighted by Gasteiger charge is -2.40. The van der Waals surface area contributed by atoms with Crippen LogP contribution in [0.25, 0.3) is 6.08 Å². The number of allylic oxidation sites excluding steroid dienone is 1. The fraction of sp³-hybridized carbons (Fsp3) is 0.583. The van der Waals surface area contributed by atoms with Crippen molar-refractivity contribution in [2.75, 3.05) is 6.54 Å². The second-order valence-corrected chi connectivity index (χ2v) is 9.99. The molecule has 0 amide bonds. The smallest absolute Gasteiger partial charge is 0.141 e. The molecule has 2 aliphatic heterocycles. The molecule has 27 heavy (non-hydrogen) atoms. The highest BCUT2D eigenvalue weighted by Crippen LogP contribution is 2.48. The summed E-state index contributed by atoms with van der Waals surface area (Å²) < 4.78 is 0. The third-order valence-electron chi connectivity index (χ3n) is 6.48. The summed E-state index contributed by atoms with van der Waals surface area (Å²) in [7, 11) is 0. The number of aliphatic imine (C=N–C) groups is 1. The second-order valence-electron chi connectivity index (χ2n) is 9.99. The molecule has 1 saturated carbocycles. The molecule has 4 rings (SSSR count). The van der Waals surface area contributed by atoms with E-state index in [-0.39, 0.29) is 5.41 Å². The average Bonchev–Trinajstić information content (AvgIpc) is 3.06. The van der Waals surface area contributed by atoms with Crippen molar-refractivity contribution in [1.82, 2.24) is 9.88 Å². The van der Waals surface area contributed by atoms with Crippen molar-refractivity contribution in [3.8, 4) is 0 Å². The highest BCUT2D eigenvalue weighted by Gasteiger charge is 2.39. The molecule has 0 atom stereocenters. The molecule has 3 heterocycles.